The molecule has 0 aliphatic carbocycles. The minimum Gasteiger partial charge on any atom is -0.496 e. The van der Waals surface area contributed by atoms with E-state index in [9.17, 15) is 5.26 Å². The molecule has 7 nitrogen and oxygen atoms in total. The molecule has 0 spiro atoms. The van der Waals surface area contributed by atoms with Gasteiger partial charge in [0.1, 0.15) is 16.7 Å². The number of aromatic nitrogens is 4. The number of hydrogen-bond donors (Lipinski definition) is 1. The van der Waals surface area contributed by atoms with Crippen molar-refractivity contribution in [2.24, 2.45) is 0 Å². The molecule has 1 atom stereocenters. The first-order chi connectivity index (χ1) is 15.3. The van der Waals surface area contributed by atoms with Crippen molar-refractivity contribution < 1.29 is 4.74 Å². The van der Waals surface area contributed by atoms with Crippen LogP contribution in [-0.2, 0) is 6.42 Å². The third-order valence-corrected chi connectivity index (χ3v) is 5.58. The first-order valence-electron chi connectivity index (χ1n) is 9.72. The van der Waals surface area contributed by atoms with Gasteiger partial charge in [-0.3, -0.25) is 4.98 Å². The molecular formula is C23H20N6OS. The molecule has 0 amide bonds. The molecule has 8 heteroatoms. The molecule has 0 saturated carbocycles. The van der Waals surface area contributed by atoms with Gasteiger partial charge in [0.05, 0.1) is 24.6 Å². The molecule has 4 rings (SSSR count). The van der Waals surface area contributed by atoms with Gasteiger partial charge in [-0.2, -0.15) is 5.26 Å². The Balaban J connectivity index is 1.50. The van der Waals surface area contributed by atoms with Crippen molar-refractivity contribution in [3.63, 3.8) is 0 Å². The third kappa shape index (κ3) is 4.85. The Morgan fingerprint density at radius 1 is 1.13 bits per heavy atom. The molecule has 1 aromatic carbocycles. The lowest BCUT2D eigenvalue weighted by molar-refractivity contribution is 0.416. The minimum atomic E-state index is -0.574. The van der Waals surface area contributed by atoms with Crippen molar-refractivity contribution in [3.8, 4) is 23.1 Å². The van der Waals surface area contributed by atoms with Gasteiger partial charge in [-0.15, -0.1) is 11.3 Å². The van der Waals surface area contributed by atoms with Crippen LogP contribution in [0.1, 0.15) is 22.2 Å². The minimum absolute atomic E-state index is 0.489. The van der Waals surface area contributed by atoms with Crippen molar-refractivity contribution in [2.45, 2.75) is 12.3 Å². The Bertz CT molecular complexity index is 1190. The van der Waals surface area contributed by atoms with E-state index >= 15 is 0 Å². The van der Waals surface area contributed by atoms with Crippen molar-refractivity contribution in [3.05, 3.63) is 82.7 Å². The van der Waals surface area contributed by atoms with Crippen molar-refractivity contribution in [2.75, 3.05) is 19.0 Å². The normalized spacial score (nSPS) is 11.5. The third-order valence-electron chi connectivity index (χ3n) is 4.67. The number of nitriles is 1. The molecule has 0 bridgehead atoms. The van der Waals surface area contributed by atoms with E-state index in [0.717, 1.165) is 29.0 Å². The Morgan fingerprint density at radius 3 is 2.84 bits per heavy atom. The monoisotopic (exact) mass is 428 g/mol. The molecule has 3 heterocycles. The van der Waals surface area contributed by atoms with Gasteiger partial charge in [0.15, 0.2) is 0 Å². The molecule has 3 aromatic heterocycles. The number of thiazole rings is 1. The predicted molar refractivity (Wildman–Crippen MR) is 120 cm³/mol. The fourth-order valence-corrected chi connectivity index (χ4v) is 4.00. The summed E-state index contributed by atoms with van der Waals surface area (Å²) in [7, 11) is 1.63. The zero-order valence-corrected chi connectivity index (χ0v) is 17.7. The van der Waals surface area contributed by atoms with Crippen LogP contribution in [0.3, 0.4) is 0 Å². The SMILES string of the molecule is COc1ccccc1-c1csc(C(C#N)c2ccnc(NCCc3cccnc3)n2)n1. The van der Waals surface area contributed by atoms with Gasteiger partial charge in [0.2, 0.25) is 5.95 Å². The molecule has 0 aliphatic heterocycles. The molecule has 1 N–H and O–H groups in total. The van der Waals surface area contributed by atoms with Gasteiger partial charge in [0, 0.05) is 36.1 Å². The van der Waals surface area contributed by atoms with Crippen LogP contribution in [0.15, 0.2) is 66.4 Å². The lowest BCUT2D eigenvalue weighted by Crippen LogP contribution is -2.10. The summed E-state index contributed by atoms with van der Waals surface area (Å²) in [5, 5.41) is 15.7. The largest absolute Gasteiger partial charge is 0.496 e. The van der Waals surface area contributed by atoms with Crippen molar-refractivity contribution in [1.29, 1.82) is 5.26 Å². The highest BCUT2D eigenvalue weighted by molar-refractivity contribution is 7.10. The zero-order valence-electron chi connectivity index (χ0n) is 16.9. The number of hydrogen-bond acceptors (Lipinski definition) is 8. The number of methoxy groups -OCH3 is 1. The molecular weight excluding hydrogens is 408 g/mol. The van der Waals surface area contributed by atoms with Crippen LogP contribution in [0, 0.1) is 11.3 Å². The summed E-state index contributed by atoms with van der Waals surface area (Å²) in [6.45, 7) is 0.668. The van der Waals surface area contributed by atoms with Gasteiger partial charge in [-0.1, -0.05) is 18.2 Å². The van der Waals surface area contributed by atoms with E-state index in [1.807, 2.05) is 48.0 Å². The molecule has 31 heavy (non-hydrogen) atoms. The van der Waals surface area contributed by atoms with Crippen LogP contribution >= 0.6 is 11.3 Å². The molecule has 1 unspecified atom stereocenters. The maximum absolute atomic E-state index is 9.83. The smallest absolute Gasteiger partial charge is 0.222 e. The highest BCUT2D eigenvalue weighted by Gasteiger charge is 2.21. The fourth-order valence-electron chi connectivity index (χ4n) is 3.13. The number of pyridine rings is 1. The summed E-state index contributed by atoms with van der Waals surface area (Å²) in [4.78, 5) is 17.6. The second-order valence-corrected chi connectivity index (χ2v) is 7.57. The molecule has 0 fully saturated rings. The number of nitrogens with one attached hydrogen (secondary N) is 1. The molecule has 0 saturated heterocycles. The fraction of sp³-hybridized carbons (Fsp3) is 0.174. The maximum atomic E-state index is 9.83. The summed E-state index contributed by atoms with van der Waals surface area (Å²) in [6, 6.07) is 15.7. The number of para-hydroxylation sites is 1. The van der Waals surface area contributed by atoms with E-state index in [-0.39, 0.29) is 0 Å². The Morgan fingerprint density at radius 2 is 2.03 bits per heavy atom. The average Bonchev–Trinajstić information content (AvgIpc) is 3.30. The summed E-state index contributed by atoms with van der Waals surface area (Å²) >= 11 is 1.44. The number of nitrogens with zero attached hydrogens (tertiary/aromatic N) is 5. The first kappa shape index (κ1) is 20.4. The van der Waals surface area contributed by atoms with E-state index in [0.29, 0.717) is 23.2 Å². The van der Waals surface area contributed by atoms with Crippen LogP contribution in [0.2, 0.25) is 0 Å². The van der Waals surface area contributed by atoms with Gasteiger partial charge >= 0.3 is 0 Å². The lowest BCUT2D eigenvalue weighted by atomic mass is 10.1. The number of anilines is 1. The predicted octanol–water partition coefficient (Wildman–Crippen LogP) is 4.31. The Hall–Kier alpha value is -3.83. The van der Waals surface area contributed by atoms with E-state index < -0.39 is 5.92 Å². The highest BCUT2D eigenvalue weighted by Crippen LogP contribution is 2.33. The Kier molecular flexibility index (Phi) is 6.45. The van der Waals surface area contributed by atoms with Crippen LogP contribution in [0.25, 0.3) is 11.3 Å². The lowest BCUT2D eigenvalue weighted by Gasteiger charge is -2.09. The van der Waals surface area contributed by atoms with Crippen LogP contribution in [0.4, 0.5) is 5.95 Å². The van der Waals surface area contributed by atoms with Crippen LogP contribution < -0.4 is 10.1 Å². The molecule has 0 radical (unpaired) electrons. The number of benzene rings is 1. The van der Waals surface area contributed by atoms with Crippen LogP contribution in [0.5, 0.6) is 5.75 Å². The number of ether oxygens (including phenoxy) is 1. The van der Waals surface area contributed by atoms with Crippen molar-refractivity contribution >= 4 is 17.3 Å². The summed E-state index contributed by atoms with van der Waals surface area (Å²) in [5.41, 5.74) is 3.42. The summed E-state index contributed by atoms with van der Waals surface area (Å²) in [5.74, 6) is 0.661. The topological polar surface area (TPSA) is 96.6 Å². The van der Waals surface area contributed by atoms with Gasteiger partial charge in [0.25, 0.3) is 0 Å². The second kappa shape index (κ2) is 9.78. The first-order valence-corrected chi connectivity index (χ1v) is 10.6. The van der Waals surface area contributed by atoms with Crippen LogP contribution in [-0.4, -0.2) is 33.6 Å². The van der Waals surface area contributed by atoms with E-state index in [1.165, 1.54) is 11.3 Å². The van der Waals surface area contributed by atoms with Gasteiger partial charge < -0.3 is 10.1 Å². The second-order valence-electron chi connectivity index (χ2n) is 6.68. The van der Waals surface area contributed by atoms with Gasteiger partial charge in [-0.05, 0) is 36.2 Å². The van der Waals surface area contributed by atoms with E-state index in [1.54, 1.807) is 25.6 Å². The molecule has 0 aliphatic rings. The van der Waals surface area contributed by atoms with Crippen molar-refractivity contribution in [1.82, 2.24) is 19.9 Å². The average molecular weight is 429 g/mol. The Labute approximate surface area is 184 Å². The molecule has 4 aromatic rings. The van der Waals surface area contributed by atoms with E-state index in [2.05, 4.69) is 26.3 Å². The molecule has 154 valence electrons. The van der Waals surface area contributed by atoms with E-state index in [4.69, 9.17) is 9.72 Å². The standard InChI is InChI=1S/C23H20N6OS/c1-30-21-7-3-2-6-17(21)20-15-31-22(28-20)18(13-24)19-9-12-27-23(29-19)26-11-8-16-5-4-10-25-14-16/h2-7,9-10,12,14-15,18H,8,11H2,1H3,(H,26,27,29). The van der Waals surface area contributed by atoms with Gasteiger partial charge in [-0.25, -0.2) is 15.0 Å². The maximum Gasteiger partial charge on any atom is 0.222 e. The summed E-state index contributed by atoms with van der Waals surface area (Å²) < 4.78 is 5.43. The quantitative estimate of drug-likeness (QED) is 0.446. The number of rotatable bonds is 8. The zero-order chi connectivity index (χ0) is 21.5. The summed E-state index contributed by atoms with van der Waals surface area (Å²) in [6.07, 6.45) is 6.06. The highest BCUT2D eigenvalue weighted by atomic mass is 32.1.